The molecule has 0 radical (unpaired) electrons. The second-order valence-corrected chi connectivity index (χ2v) is 4.99. The van der Waals surface area contributed by atoms with Crippen LogP contribution in [0.25, 0.3) is 0 Å². The molecule has 2 rings (SSSR count). The zero-order chi connectivity index (χ0) is 10.9. The van der Waals surface area contributed by atoms with E-state index >= 15 is 0 Å². The van der Waals surface area contributed by atoms with Gasteiger partial charge in [-0.15, -0.1) is 0 Å². The van der Waals surface area contributed by atoms with Crippen molar-refractivity contribution in [2.75, 3.05) is 0 Å². The number of rotatable bonds is 1. The Balaban J connectivity index is 2.38. The molecule has 82 valence electrons. The van der Waals surface area contributed by atoms with Crippen molar-refractivity contribution in [2.45, 2.75) is 44.6 Å². The third-order valence-corrected chi connectivity index (χ3v) is 3.62. The fraction of sp³-hybridized carbons (Fsp3) is 0.538. The van der Waals surface area contributed by atoms with Crippen molar-refractivity contribution in [3.8, 4) is 0 Å². The first kappa shape index (κ1) is 11.0. The quantitative estimate of drug-likeness (QED) is 0.770. The lowest BCUT2D eigenvalue weighted by molar-refractivity contribution is -0.00117. The highest BCUT2D eigenvalue weighted by molar-refractivity contribution is 6.30. The topological polar surface area (TPSA) is 20.2 Å². The third-order valence-electron chi connectivity index (χ3n) is 3.38. The van der Waals surface area contributed by atoms with Crippen LogP contribution >= 0.6 is 11.6 Å². The second kappa shape index (κ2) is 4.15. The van der Waals surface area contributed by atoms with E-state index in [1.807, 2.05) is 25.1 Å². The van der Waals surface area contributed by atoms with Crippen molar-refractivity contribution < 1.29 is 5.11 Å². The average Bonchev–Trinajstić information content (AvgIpc) is 2.23. The predicted molar refractivity (Wildman–Crippen MR) is 63.2 cm³/mol. The maximum Gasteiger partial charge on any atom is 0.0899 e. The van der Waals surface area contributed by atoms with Gasteiger partial charge in [-0.05, 0) is 43.0 Å². The van der Waals surface area contributed by atoms with E-state index in [2.05, 4.69) is 0 Å². The van der Waals surface area contributed by atoms with E-state index in [9.17, 15) is 5.11 Å². The van der Waals surface area contributed by atoms with Crippen molar-refractivity contribution in [3.05, 3.63) is 34.3 Å². The molecule has 1 aliphatic rings. The van der Waals surface area contributed by atoms with Crippen molar-refractivity contribution in [1.29, 1.82) is 0 Å². The number of hydrogen-bond acceptors (Lipinski definition) is 1. The van der Waals surface area contributed by atoms with Gasteiger partial charge in [-0.3, -0.25) is 0 Å². The van der Waals surface area contributed by atoms with E-state index < -0.39 is 5.60 Å². The van der Waals surface area contributed by atoms with Crippen LogP contribution in [0.15, 0.2) is 18.2 Å². The average molecular weight is 225 g/mol. The molecule has 0 amide bonds. The lowest BCUT2D eigenvalue weighted by Gasteiger charge is -2.33. The minimum absolute atomic E-state index is 0.632. The molecule has 0 bridgehead atoms. The van der Waals surface area contributed by atoms with Gasteiger partial charge < -0.3 is 5.11 Å². The minimum Gasteiger partial charge on any atom is -0.385 e. The molecule has 15 heavy (non-hydrogen) atoms. The smallest absolute Gasteiger partial charge is 0.0899 e. The summed E-state index contributed by atoms with van der Waals surface area (Å²) in [5.41, 5.74) is 1.53. The first-order valence-electron chi connectivity index (χ1n) is 5.61. The van der Waals surface area contributed by atoms with Crippen LogP contribution < -0.4 is 0 Å². The highest BCUT2D eigenvalue weighted by atomic mass is 35.5. The van der Waals surface area contributed by atoms with Gasteiger partial charge >= 0.3 is 0 Å². The molecule has 0 heterocycles. The molecule has 0 saturated heterocycles. The molecule has 0 unspecified atom stereocenters. The van der Waals surface area contributed by atoms with Gasteiger partial charge in [0.05, 0.1) is 5.60 Å². The maximum absolute atomic E-state index is 10.6. The van der Waals surface area contributed by atoms with Crippen LogP contribution in [0.2, 0.25) is 5.02 Å². The number of hydrogen-bond donors (Lipinski definition) is 1. The lowest BCUT2D eigenvalue weighted by atomic mass is 9.78. The summed E-state index contributed by atoms with van der Waals surface area (Å²) in [7, 11) is 0. The summed E-state index contributed by atoms with van der Waals surface area (Å²) >= 11 is 5.99. The summed E-state index contributed by atoms with van der Waals surface area (Å²) < 4.78 is 0. The molecule has 0 atom stereocenters. The molecule has 1 aromatic rings. The summed E-state index contributed by atoms with van der Waals surface area (Å²) in [5.74, 6) is 0. The van der Waals surface area contributed by atoms with Gasteiger partial charge in [0.1, 0.15) is 0 Å². The fourth-order valence-corrected chi connectivity index (χ4v) is 2.67. The van der Waals surface area contributed by atoms with Crippen LogP contribution in [-0.4, -0.2) is 5.11 Å². The standard InChI is InChI=1S/C13H17ClO/c1-10-5-6-11(14)9-12(10)13(15)7-3-2-4-8-13/h5-6,9,15H,2-4,7-8H2,1H3. The van der Waals surface area contributed by atoms with Gasteiger partial charge in [0.25, 0.3) is 0 Å². The normalized spacial score (nSPS) is 20.2. The van der Waals surface area contributed by atoms with E-state index in [-0.39, 0.29) is 0 Å². The molecule has 0 spiro atoms. The first-order valence-corrected chi connectivity index (χ1v) is 5.99. The molecule has 1 fully saturated rings. The number of benzene rings is 1. The monoisotopic (exact) mass is 224 g/mol. The van der Waals surface area contributed by atoms with Gasteiger partial charge in [-0.1, -0.05) is 36.9 Å². The fourth-order valence-electron chi connectivity index (χ4n) is 2.50. The van der Waals surface area contributed by atoms with Crippen molar-refractivity contribution >= 4 is 11.6 Å². The summed E-state index contributed by atoms with van der Waals surface area (Å²) in [6, 6.07) is 5.79. The minimum atomic E-state index is -0.632. The molecule has 1 saturated carbocycles. The predicted octanol–water partition coefficient (Wildman–Crippen LogP) is 3.80. The summed E-state index contributed by atoms with van der Waals surface area (Å²) in [5, 5.41) is 11.3. The van der Waals surface area contributed by atoms with Crippen LogP contribution in [0.5, 0.6) is 0 Å². The third kappa shape index (κ3) is 2.19. The van der Waals surface area contributed by atoms with Crippen LogP contribution in [0.4, 0.5) is 0 Å². The van der Waals surface area contributed by atoms with Gasteiger partial charge in [0, 0.05) is 5.02 Å². The highest BCUT2D eigenvalue weighted by Crippen LogP contribution is 2.39. The van der Waals surface area contributed by atoms with E-state index in [4.69, 9.17) is 11.6 Å². The molecular formula is C13H17ClO. The number of halogens is 1. The molecular weight excluding hydrogens is 208 g/mol. The molecule has 1 N–H and O–H groups in total. The molecule has 0 aliphatic heterocycles. The highest BCUT2D eigenvalue weighted by Gasteiger charge is 2.32. The van der Waals surface area contributed by atoms with Gasteiger partial charge in [-0.25, -0.2) is 0 Å². The Morgan fingerprint density at radius 1 is 1.20 bits per heavy atom. The summed E-state index contributed by atoms with van der Waals surface area (Å²) in [6.45, 7) is 2.04. The summed E-state index contributed by atoms with van der Waals surface area (Å²) in [4.78, 5) is 0. The maximum atomic E-state index is 10.6. The largest absolute Gasteiger partial charge is 0.385 e. The van der Waals surface area contributed by atoms with E-state index in [0.29, 0.717) is 0 Å². The Labute approximate surface area is 96.1 Å². The zero-order valence-electron chi connectivity index (χ0n) is 9.09. The molecule has 2 heteroatoms. The van der Waals surface area contributed by atoms with Crippen molar-refractivity contribution in [2.24, 2.45) is 0 Å². The summed E-state index contributed by atoms with van der Waals surface area (Å²) in [6.07, 6.45) is 5.20. The number of aryl methyl sites for hydroxylation is 1. The first-order chi connectivity index (χ1) is 7.12. The van der Waals surface area contributed by atoms with Gasteiger partial charge in [-0.2, -0.15) is 0 Å². The van der Waals surface area contributed by atoms with Gasteiger partial charge in [0.15, 0.2) is 0 Å². The SMILES string of the molecule is Cc1ccc(Cl)cc1C1(O)CCCCC1. The second-order valence-electron chi connectivity index (χ2n) is 4.55. The molecule has 1 aliphatic carbocycles. The Morgan fingerprint density at radius 3 is 2.53 bits per heavy atom. The molecule has 1 aromatic carbocycles. The Bertz CT molecular complexity index is 354. The molecule has 1 nitrogen and oxygen atoms in total. The van der Waals surface area contributed by atoms with Crippen LogP contribution in [0.1, 0.15) is 43.2 Å². The van der Waals surface area contributed by atoms with Crippen molar-refractivity contribution in [3.63, 3.8) is 0 Å². The zero-order valence-corrected chi connectivity index (χ0v) is 9.85. The van der Waals surface area contributed by atoms with E-state index in [1.165, 1.54) is 6.42 Å². The Kier molecular flexibility index (Phi) is 3.03. The molecule has 0 aromatic heterocycles. The van der Waals surface area contributed by atoms with Gasteiger partial charge in [0.2, 0.25) is 0 Å². The van der Waals surface area contributed by atoms with Crippen LogP contribution in [0.3, 0.4) is 0 Å². The number of aliphatic hydroxyl groups is 1. The lowest BCUT2D eigenvalue weighted by Crippen LogP contribution is -2.29. The van der Waals surface area contributed by atoms with Crippen LogP contribution in [-0.2, 0) is 5.60 Å². The van der Waals surface area contributed by atoms with Crippen molar-refractivity contribution in [1.82, 2.24) is 0 Å². The Hall–Kier alpha value is -0.530. The van der Waals surface area contributed by atoms with Crippen LogP contribution in [0, 0.1) is 6.92 Å². The van der Waals surface area contributed by atoms with E-state index in [0.717, 1.165) is 41.8 Å². The Morgan fingerprint density at radius 2 is 1.87 bits per heavy atom. The van der Waals surface area contributed by atoms with E-state index in [1.54, 1.807) is 0 Å².